The Morgan fingerprint density at radius 1 is 1.50 bits per heavy atom. The Labute approximate surface area is 61.1 Å². The number of hydrogen-bond donors (Lipinski definition) is 0. The summed E-state index contributed by atoms with van der Waals surface area (Å²) in [6.07, 6.45) is 0.384. The van der Waals surface area contributed by atoms with Crippen LogP contribution >= 0.6 is 17.0 Å². The molecule has 0 aromatic rings. The summed E-state index contributed by atoms with van der Waals surface area (Å²) in [5.74, 6) is 0. The Balaban J connectivity index is 0. The van der Waals surface area contributed by atoms with Crippen molar-refractivity contribution in [3.63, 3.8) is 0 Å². The molecule has 0 aliphatic heterocycles. The summed E-state index contributed by atoms with van der Waals surface area (Å²) in [6.45, 7) is 4.00. The van der Waals surface area contributed by atoms with Crippen molar-refractivity contribution in [1.82, 2.24) is 0 Å². The Morgan fingerprint density at radius 2 is 1.67 bits per heavy atom. The van der Waals surface area contributed by atoms with Gasteiger partial charge in [0.25, 0.3) is 0 Å². The zero-order valence-electron chi connectivity index (χ0n) is 3.89. The van der Waals surface area contributed by atoms with Gasteiger partial charge in [-0.2, -0.15) is 0 Å². The van der Waals surface area contributed by atoms with E-state index in [0.29, 0.717) is 6.10 Å². The van der Waals surface area contributed by atoms with Gasteiger partial charge in [-0.25, -0.2) is 0 Å². The molecule has 0 aromatic heterocycles. The van der Waals surface area contributed by atoms with Gasteiger partial charge in [0.2, 0.25) is 0 Å². The van der Waals surface area contributed by atoms with Gasteiger partial charge in [-0.1, -0.05) is 0 Å². The molecule has 0 atom stereocenters. The summed E-state index contributed by atoms with van der Waals surface area (Å²) >= 11 is 1.70. The van der Waals surface area contributed by atoms with Crippen LogP contribution in [0.4, 0.5) is 0 Å². The molecule has 0 radical (unpaired) electrons. The molecule has 0 rings (SSSR count). The second kappa shape index (κ2) is 6.15. The first-order chi connectivity index (χ1) is 2.27. The molecule has 0 aliphatic rings. The van der Waals surface area contributed by atoms with E-state index >= 15 is 0 Å². The predicted molar refractivity (Wildman–Crippen MR) is 26.5 cm³/mol. The Bertz CT molecular complexity index is 24.8. The van der Waals surface area contributed by atoms with E-state index in [1.807, 2.05) is 13.8 Å². The van der Waals surface area contributed by atoms with Gasteiger partial charge in [0.15, 0.2) is 0 Å². The van der Waals surface area contributed by atoms with Crippen molar-refractivity contribution in [1.29, 1.82) is 0 Å². The van der Waals surface area contributed by atoms with E-state index in [1.54, 1.807) is 20.8 Å². The normalized spacial score (nSPS) is 7.67. The van der Waals surface area contributed by atoms with Crippen molar-refractivity contribution in [3.8, 4) is 0 Å². The molecule has 0 unspecified atom stereocenters. The van der Waals surface area contributed by atoms with Crippen LogP contribution < -0.4 is 0 Å². The van der Waals surface area contributed by atoms with Crippen molar-refractivity contribution in [3.05, 3.63) is 0 Å². The zero-order valence-corrected chi connectivity index (χ0v) is 7.17. The van der Waals surface area contributed by atoms with E-state index in [0.717, 1.165) is 0 Å². The second-order valence-corrected chi connectivity index (χ2v) is 1.53. The van der Waals surface area contributed by atoms with Crippen LogP contribution in [-0.2, 0) is 24.1 Å². The number of halogens is 1. The summed E-state index contributed by atoms with van der Waals surface area (Å²) in [5, 5.41) is 0. The fourth-order valence-electron chi connectivity index (χ4n) is 0. The molecule has 37 valence electrons. The predicted octanol–water partition coefficient (Wildman–Crippen LogP) is 1.45. The maximum absolute atomic E-state index is 4.75. The third kappa shape index (κ3) is 8.94. The Kier molecular flexibility index (Phi) is 10.5. The summed E-state index contributed by atoms with van der Waals surface area (Å²) in [7, 11) is 0. The number of hydrogen-bond acceptors (Lipinski definition) is 1. The molecule has 1 nitrogen and oxygen atoms in total. The standard InChI is InChI=1S/C3H7O.BrH.Ti/c1-3(2)4;;/h3H,1-2H3;1H;/q-1;;+1. The Morgan fingerprint density at radius 3 is 1.67 bits per heavy atom. The summed E-state index contributed by atoms with van der Waals surface area (Å²) in [5.41, 5.74) is 0. The molecule has 0 N–H and O–H groups in total. The molecule has 0 bridgehead atoms. The minimum atomic E-state index is 0. The quantitative estimate of drug-likeness (QED) is 0.565. The monoisotopic (exact) mass is 187 g/mol. The molecule has 6 heavy (non-hydrogen) atoms. The van der Waals surface area contributed by atoms with Gasteiger partial charge in [0.1, 0.15) is 0 Å². The fraction of sp³-hybridized carbons (Fsp3) is 1.00. The summed E-state index contributed by atoms with van der Waals surface area (Å²) in [4.78, 5) is 0. The van der Waals surface area contributed by atoms with E-state index in [4.69, 9.17) is 3.32 Å². The van der Waals surface area contributed by atoms with Gasteiger partial charge in [-0.05, 0) is 0 Å². The molecule has 0 amide bonds. The van der Waals surface area contributed by atoms with Crippen LogP contribution in [0.3, 0.4) is 0 Å². The van der Waals surface area contributed by atoms with Crippen LogP contribution in [0, 0.1) is 0 Å². The van der Waals surface area contributed by atoms with Crippen molar-refractivity contribution in [2.75, 3.05) is 0 Å². The molecule has 0 saturated heterocycles. The van der Waals surface area contributed by atoms with Gasteiger partial charge in [-0.3, -0.25) is 0 Å². The summed E-state index contributed by atoms with van der Waals surface area (Å²) in [6, 6.07) is 0. The van der Waals surface area contributed by atoms with Crippen LogP contribution in [-0.4, -0.2) is 6.10 Å². The van der Waals surface area contributed by atoms with Gasteiger partial charge < -0.3 is 0 Å². The first kappa shape index (κ1) is 10.2. The molecule has 0 heterocycles. The molecular formula is C3H8BrOTi. The number of rotatable bonds is 1. The third-order valence-corrected chi connectivity index (χ3v) is 0.972. The molecule has 0 saturated carbocycles. The van der Waals surface area contributed by atoms with Crippen LogP contribution in [0.1, 0.15) is 13.8 Å². The van der Waals surface area contributed by atoms with E-state index in [2.05, 4.69) is 0 Å². The van der Waals surface area contributed by atoms with Crippen LogP contribution in [0.5, 0.6) is 0 Å². The first-order valence-electron chi connectivity index (χ1n) is 1.59. The molecule has 0 spiro atoms. The average Bonchev–Trinajstić information content (AvgIpc) is 1.38. The van der Waals surface area contributed by atoms with Gasteiger partial charge in [-0.15, -0.1) is 17.0 Å². The Hall–Kier alpha value is 1.15. The summed E-state index contributed by atoms with van der Waals surface area (Å²) < 4.78 is 4.75. The van der Waals surface area contributed by atoms with E-state index in [-0.39, 0.29) is 17.0 Å². The molecule has 0 aliphatic carbocycles. The van der Waals surface area contributed by atoms with Crippen molar-refractivity contribution in [2.24, 2.45) is 0 Å². The van der Waals surface area contributed by atoms with Gasteiger partial charge in [0.05, 0.1) is 0 Å². The van der Waals surface area contributed by atoms with E-state index in [9.17, 15) is 0 Å². The van der Waals surface area contributed by atoms with Crippen LogP contribution in [0.15, 0.2) is 0 Å². The first-order valence-corrected chi connectivity index (χ1v) is 2.23. The maximum atomic E-state index is 4.75. The fourth-order valence-corrected chi connectivity index (χ4v) is 0. The van der Waals surface area contributed by atoms with E-state index in [1.165, 1.54) is 0 Å². The average molecular weight is 188 g/mol. The van der Waals surface area contributed by atoms with Crippen molar-refractivity contribution >= 4 is 17.0 Å². The van der Waals surface area contributed by atoms with Crippen molar-refractivity contribution < 1.29 is 24.1 Å². The van der Waals surface area contributed by atoms with Crippen molar-refractivity contribution in [2.45, 2.75) is 20.0 Å². The second-order valence-electron chi connectivity index (χ2n) is 1.17. The molecule has 0 fully saturated rings. The zero-order chi connectivity index (χ0) is 4.28. The van der Waals surface area contributed by atoms with Gasteiger partial charge in [0, 0.05) is 0 Å². The van der Waals surface area contributed by atoms with Crippen LogP contribution in [0.2, 0.25) is 0 Å². The third-order valence-electron chi connectivity index (χ3n) is 0.236. The molecular weight excluding hydrogens is 180 g/mol. The van der Waals surface area contributed by atoms with Gasteiger partial charge >= 0.3 is 44.1 Å². The SMILES string of the molecule is Br.CC(C)[O][Ti]. The van der Waals surface area contributed by atoms with Crippen LogP contribution in [0.25, 0.3) is 0 Å². The topological polar surface area (TPSA) is 9.23 Å². The van der Waals surface area contributed by atoms with E-state index < -0.39 is 0 Å². The molecule has 0 aromatic carbocycles. The molecule has 3 heteroatoms. The minimum absolute atomic E-state index is 0.